The minimum atomic E-state index is 0.116. The molecule has 0 bridgehead atoms. The van der Waals surface area contributed by atoms with Gasteiger partial charge in [0, 0.05) is 35.3 Å². The smallest absolute Gasteiger partial charge is 0.262 e. The summed E-state index contributed by atoms with van der Waals surface area (Å²) < 4.78 is 1.91. The van der Waals surface area contributed by atoms with Crippen LogP contribution in [0.3, 0.4) is 0 Å². The Morgan fingerprint density at radius 1 is 1.20 bits per heavy atom. The van der Waals surface area contributed by atoms with Gasteiger partial charge in [-0.2, -0.15) is 0 Å². The van der Waals surface area contributed by atoms with Crippen molar-refractivity contribution >= 4 is 32.9 Å². The van der Waals surface area contributed by atoms with Crippen LogP contribution in [0.2, 0.25) is 0 Å². The first kappa shape index (κ1) is 18.3. The highest BCUT2D eigenvalue weighted by Gasteiger charge is 2.17. The van der Waals surface area contributed by atoms with Gasteiger partial charge in [-0.05, 0) is 31.0 Å². The van der Waals surface area contributed by atoms with Crippen molar-refractivity contribution in [3.63, 3.8) is 0 Å². The van der Waals surface area contributed by atoms with Crippen LogP contribution in [-0.2, 0) is 13.0 Å². The minimum Gasteiger partial charge on any atom is -0.302 e. The molecule has 3 rings (SSSR count). The molecule has 6 heteroatoms. The number of hydrogen-bond acceptors (Lipinski definition) is 5. The fourth-order valence-electron chi connectivity index (χ4n) is 3.11. The third kappa shape index (κ3) is 3.71. The fraction of sp³-hybridized carbons (Fsp3) is 0.474. The number of thiophene rings is 2. The van der Waals surface area contributed by atoms with E-state index in [0.29, 0.717) is 6.54 Å². The molecule has 0 saturated carbocycles. The highest BCUT2D eigenvalue weighted by molar-refractivity contribution is 7.18. The lowest BCUT2D eigenvalue weighted by atomic mass is 10.2. The van der Waals surface area contributed by atoms with Crippen LogP contribution in [0.1, 0.15) is 33.0 Å². The zero-order chi connectivity index (χ0) is 17.8. The van der Waals surface area contributed by atoms with Gasteiger partial charge in [0.25, 0.3) is 5.56 Å². The second kappa shape index (κ2) is 8.25. The van der Waals surface area contributed by atoms with Gasteiger partial charge in [0.05, 0.1) is 5.39 Å². The lowest BCUT2D eigenvalue weighted by Crippen LogP contribution is -2.33. The van der Waals surface area contributed by atoms with Gasteiger partial charge in [-0.1, -0.05) is 26.8 Å². The topological polar surface area (TPSA) is 38.1 Å². The van der Waals surface area contributed by atoms with Crippen molar-refractivity contribution in [2.45, 2.75) is 40.2 Å². The Kier molecular flexibility index (Phi) is 6.04. The Morgan fingerprint density at radius 3 is 2.64 bits per heavy atom. The number of likely N-dealkylation sites (N-methyl/N-ethyl adjacent to an activating group) is 1. The first-order chi connectivity index (χ1) is 12.2. The van der Waals surface area contributed by atoms with Gasteiger partial charge in [0.15, 0.2) is 0 Å². The average Bonchev–Trinajstić information content (AvgIpc) is 3.27. The molecular formula is C19H25N3OS2. The quantitative estimate of drug-likeness (QED) is 0.582. The van der Waals surface area contributed by atoms with Crippen LogP contribution in [0.4, 0.5) is 0 Å². The normalized spacial score (nSPS) is 11.7. The van der Waals surface area contributed by atoms with Gasteiger partial charge in [0.1, 0.15) is 10.7 Å². The standard InChI is InChI=1S/C19H25N3OS2/c1-4-8-16-20-18-17(14(13-25-18)15-9-7-12-24-15)19(23)22(16)11-10-21(5-2)6-3/h7,9,12-13H,4-6,8,10-11H2,1-3H3. The summed E-state index contributed by atoms with van der Waals surface area (Å²) >= 11 is 3.25. The molecule has 0 N–H and O–H groups in total. The first-order valence-corrected chi connectivity index (χ1v) is 10.7. The van der Waals surface area contributed by atoms with Crippen LogP contribution >= 0.6 is 22.7 Å². The van der Waals surface area contributed by atoms with Crippen molar-refractivity contribution < 1.29 is 0 Å². The van der Waals surface area contributed by atoms with E-state index in [1.54, 1.807) is 22.7 Å². The molecule has 3 aromatic heterocycles. The molecule has 0 fully saturated rings. The molecule has 0 aliphatic rings. The lowest BCUT2D eigenvalue weighted by Gasteiger charge is -2.20. The van der Waals surface area contributed by atoms with E-state index in [4.69, 9.17) is 4.98 Å². The average molecular weight is 376 g/mol. The molecule has 0 unspecified atom stereocenters. The summed E-state index contributed by atoms with van der Waals surface area (Å²) in [5.41, 5.74) is 1.15. The molecule has 0 saturated heterocycles. The van der Waals surface area contributed by atoms with Gasteiger partial charge in [-0.3, -0.25) is 9.36 Å². The third-order valence-electron chi connectivity index (χ3n) is 4.57. The zero-order valence-corrected chi connectivity index (χ0v) is 16.8. The number of fused-ring (bicyclic) bond motifs is 1. The summed E-state index contributed by atoms with van der Waals surface area (Å²) in [7, 11) is 0. The summed E-state index contributed by atoms with van der Waals surface area (Å²) in [6.07, 6.45) is 1.84. The summed E-state index contributed by atoms with van der Waals surface area (Å²) in [6.45, 7) is 10.1. The van der Waals surface area contributed by atoms with Crippen LogP contribution in [0.5, 0.6) is 0 Å². The number of rotatable bonds is 8. The van der Waals surface area contributed by atoms with E-state index in [1.807, 2.05) is 10.6 Å². The first-order valence-electron chi connectivity index (χ1n) is 8.96. The van der Waals surface area contributed by atoms with E-state index in [2.05, 4.69) is 42.5 Å². The molecule has 25 heavy (non-hydrogen) atoms. The summed E-state index contributed by atoms with van der Waals surface area (Å²) in [5.74, 6) is 0.923. The zero-order valence-electron chi connectivity index (χ0n) is 15.1. The maximum atomic E-state index is 13.3. The van der Waals surface area contributed by atoms with Gasteiger partial charge >= 0.3 is 0 Å². The van der Waals surface area contributed by atoms with Gasteiger partial charge in [0.2, 0.25) is 0 Å². The molecular weight excluding hydrogens is 350 g/mol. The highest BCUT2D eigenvalue weighted by Crippen LogP contribution is 2.33. The van der Waals surface area contributed by atoms with Crippen molar-refractivity contribution in [1.29, 1.82) is 0 Å². The molecule has 3 aromatic rings. The van der Waals surface area contributed by atoms with Gasteiger partial charge < -0.3 is 4.90 Å². The number of aromatic nitrogens is 2. The molecule has 0 amide bonds. The van der Waals surface area contributed by atoms with E-state index in [9.17, 15) is 4.79 Å². The Balaban J connectivity index is 2.09. The van der Waals surface area contributed by atoms with E-state index in [-0.39, 0.29) is 5.56 Å². The number of nitrogens with zero attached hydrogens (tertiary/aromatic N) is 3. The van der Waals surface area contributed by atoms with Crippen LogP contribution < -0.4 is 5.56 Å². The monoisotopic (exact) mass is 375 g/mol. The van der Waals surface area contributed by atoms with E-state index in [0.717, 1.165) is 59.0 Å². The molecule has 134 valence electrons. The third-order valence-corrected chi connectivity index (χ3v) is 6.34. The van der Waals surface area contributed by atoms with Crippen LogP contribution in [0, 0.1) is 0 Å². The predicted octanol–water partition coefficient (Wildman–Crippen LogP) is 4.48. The molecule has 4 nitrogen and oxygen atoms in total. The molecule has 0 aliphatic carbocycles. The maximum absolute atomic E-state index is 13.3. The van der Waals surface area contributed by atoms with Crippen LogP contribution in [0.15, 0.2) is 27.7 Å². The summed E-state index contributed by atoms with van der Waals surface area (Å²) in [4.78, 5) is 22.5. The molecule has 0 aromatic carbocycles. The minimum absolute atomic E-state index is 0.116. The molecule has 0 aliphatic heterocycles. The van der Waals surface area contributed by atoms with Crippen molar-refractivity contribution in [3.05, 3.63) is 39.1 Å². The Hall–Kier alpha value is -1.50. The van der Waals surface area contributed by atoms with Crippen molar-refractivity contribution in [3.8, 4) is 10.4 Å². The fourth-order valence-corrected chi connectivity index (χ4v) is 4.88. The molecule has 0 radical (unpaired) electrons. The predicted molar refractivity (Wildman–Crippen MR) is 109 cm³/mol. The van der Waals surface area contributed by atoms with E-state index >= 15 is 0 Å². The second-order valence-corrected chi connectivity index (χ2v) is 7.87. The van der Waals surface area contributed by atoms with Crippen LogP contribution in [-0.4, -0.2) is 34.1 Å². The summed E-state index contributed by atoms with van der Waals surface area (Å²) in [6, 6.07) is 4.10. The molecule has 0 spiro atoms. The molecule has 3 heterocycles. The largest absolute Gasteiger partial charge is 0.302 e. The van der Waals surface area contributed by atoms with Crippen molar-refractivity contribution in [2.24, 2.45) is 0 Å². The summed E-state index contributed by atoms with van der Waals surface area (Å²) in [5, 5.41) is 4.92. The lowest BCUT2D eigenvalue weighted by molar-refractivity contribution is 0.287. The van der Waals surface area contributed by atoms with E-state index in [1.165, 1.54) is 0 Å². The number of aryl methyl sites for hydroxylation is 1. The Bertz CT molecular complexity index is 876. The van der Waals surface area contributed by atoms with E-state index < -0.39 is 0 Å². The van der Waals surface area contributed by atoms with Crippen molar-refractivity contribution in [2.75, 3.05) is 19.6 Å². The van der Waals surface area contributed by atoms with Gasteiger partial charge in [-0.25, -0.2) is 4.98 Å². The van der Waals surface area contributed by atoms with Crippen molar-refractivity contribution in [1.82, 2.24) is 14.5 Å². The number of hydrogen-bond donors (Lipinski definition) is 0. The Labute approximate surface area is 156 Å². The maximum Gasteiger partial charge on any atom is 0.262 e. The van der Waals surface area contributed by atoms with Gasteiger partial charge in [-0.15, -0.1) is 22.7 Å². The highest BCUT2D eigenvalue weighted by atomic mass is 32.1. The van der Waals surface area contributed by atoms with Crippen LogP contribution in [0.25, 0.3) is 20.7 Å². The SMILES string of the molecule is CCCc1nc2scc(-c3cccs3)c2c(=O)n1CCN(CC)CC. The second-order valence-electron chi connectivity index (χ2n) is 6.07. The molecule has 0 atom stereocenters. The Morgan fingerprint density at radius 2 is 2.00 bits per heavy atom.